The van der Waals surface area contributed by atoms with E-state index in [2.05, 4.69) is 72.8 Å². The minimum Gasteiger partial charge on any atom is -0.326 e. The van der Waals surface area contributed by atoms with Crippen LogP contribution < -0.4 is 5.73 Å². The lowest BCUT2D eigenvalue weighted by atomic mass is 9.80. The van der Waals surface area contributed by atoms with Crippen molar-refractivity contribution in [3.63, 3.8) is 0 Å². The standard InChI is InChI=1S/C18H29BrN2/c1-5-16(20)17(14-8-6-7-9-15(14)19)21-11-10-13(12-21)18(2,3)4/h6-9,13,16-17H,5,10-12,20H2,1-4H3. The van der Waals surface area contributed by atoms with Gasteiger partial charge in [-0.2, -0.15) is 0 Å². The minimum atomic E-state index is 0.183. The van der Waals surface area contributed by atoms with E-state index in [1.54, 1.807) is 0 Å². The van der Waals surface area contributed by atoms with E-state index in [1.807, 2.05) is 0 Å². The summed E-state index contributed by atoms with van der Waals surface area (Å²) in [5, 5.41) is 0. The Morgan fingerprint density at radius 2 is 2.00 bits per heavy atom. The molecule has 1 fully saturated rings. The number of hydrogen-bond acceptors (Lipinski definition) is 2. The van der Waals surface area contributed by atoms with Crippen LogP contribution in [0.3, 0.4) is 0 Å². The van der Waals surface area contributed by atoms with Gasteiger partial charge in [-0.25, -0.2) is 0 Å². The topological polar surface area (TPSA) is 29.3 Å². The summed E-state index contributed by atoms with van der Waals surface area (Å²) < 4.78 is 1.18. The van der Waals surface area contributed by atoms with E-state index in [0.717, 1.165) is 25.4 Å². The Morgan fingerprint density at radius 3 is 2.52 bits per heavy atom. The van der Waals surface area contributed by atoms with Gasteiger partial charge in [0.2, 0.25) is 0 Å². The molecule has 0 bridgehead atoms. The average Bonchev–Trinajstić information content (AvgIpc) is 2.90. The maximum Gasteiger partial charge on any atom is 0.0510 e. The summed E-state index contributed by atoms with van der Waals surface area (Å²) in [6, 6.07) is 9.04. The molecule has 21 heavy (non-hydrogen) atoms. The Balaban J connectivity index is 2.25. The number of nitrogens with two attached hydrogens (primary N) is 1. The Morgan fingerprint density at radius 1 is 1.33 bits per heavy atom. The predicted molar refractivity (Wildman–Crippen MR) is 94.3 cm³/mol. The van der Waals surface area contributed by atoms with Crippen molar-refractivity contribution < 1.29 is 0 Å². The molecule has 1 saturated heterocycles. The second-order valence-corrected chi connectivity index (χ2v) is 8.24. The molecule has 1 aliphatic rings. The summed E-state index contributed by atoms with van der Waals surface area (Å²) in [6.07, 6.45) is 2.28. The third-order valence-electron chi connectivity index (χ3n) is 4.94. The van der Waals surface area contributed by atoms with Gasteiger partial charge in [-0.05, 0) is 42.3 Å². The van der Waals surface area contributed by atoms with Crippen molar-refractivity contribution >= 4 is 15.9 Å². The smallest absolute Gasteiger partial charge is 0.0510 e. The Hall–Kier alpha value is -0.380. The van der Waals surface area contributed by atoms with E-state index in [1.165, 1.54) is 16.5 Å². The van der Waals surface area contributed by atoms with Gasteiger partial charge in [0, 0.05) is 17.1 Å². The van der Waals surface area contributed by atoms with Gasteiger partial charge in [0.05, 0.1) is 6.04 Å². The maximum atomic E-state index is 6.49. The quantitative estimate of drug-likeness (QED) is 0.857. The van der Waals surface area contributed by atoms with Gasteiger partial charge in [0.25, 0.3) is 0 Å². The summed E-state index contributed by atoms with van der Waals surface area (Å²) in [5.74, 6) is 0.756. The second kappa shape index (κ2) is 6.80. The van der Waals surface area contributed by atoms with Gasteiger partial charge in [-0.1, -0.05) is 61.8 Å². The molecule has 0 aromatic heterocycles. The lowest BCUT2D eigenvalue weighted by Gasteiger charge is -2.34. The van der Waals surface area contributed by atoms with Crippen molar-refractivity contribution in [2.24, 2.45) is 17.1 Å². The summed E-state index contributed by atoms with van der Waals surface area (Å²) >= 11 is 3.71. The van der Waals surface area contributed by atoms with E-state index >= 15 is 0 Å². The molecule has 118 valence electrons. The zero-order valence-electron chi connectivity index (χ0n) is 13.8. The molecule has 1 aromatic carbocycles. The van der Waals surface area contributed by atoms with E-state index in [-0.39, 0.29) is 6.04 Å². The lowest BCUT2D eigenvalue weighted by Crippen LogP contribution is -2.40. The highest BCUT2D eigenvalue weighted by Crippen LogP contribution is 2.39. The number of hydrogen-bond donors (Lipinski definition) is 1. The molecule has 2 N–H and O–H groups in total. The Kier molecular flexibility index (Phi) is 5.50. The molecule has 3 unspecified atom stereocenters. The number of halogens is 1. The molecule has 3 atom stereocenters. The molecular weight excluding hydrogens is 324 g/mol. The predicted octanol–water partition coefficient (Wildman–Crippen LogP) is 4.60. The van der Waals surface area contributed by atoms with Crippen molar-refractivity contribution in [2.45, 2.75) is 52.6 Å². The highest BCUT2D eigenvalue weighted by Gasteiger charge is 2.37. The number of rotatable bonds is 4. The molecule has 0 spiro atoms. The van der Waals surface area contributed by atoms with Crippen molar-refractivity contribution in [3.05, 3.63) is 34.3 Å². The average molecular weight is 353 g/mol. The summed E-state index contributed by atoms with van der Waals surface area (Å²) in [6.45, 7) is 11.6. The molecule has 1 aliphatic heterocycles. The maximum absolute atomic E-state index is 6.49. The highest BCUT2D eigenvalue weighted by molar-refractivity contribution is 9.10. The van der Waals surface area contributed by atoms with Crippen LogP contribution in [0.25, 0.3) is 0 Å². The van der Waals surface area contributed by atoms with Gasteiger partial charge in [0.1, 0.15) is 0 Å². The van der Waals surface area contributed by atoms with Gasteiger partial charge in [-0.15, -0.1) is 0 Å². The van der Waals surface area contributed by atoms with Crippen LogP contribution >= 0.6 is 15.9 Å². The zero-order chi connectivity index (χ0) is 15.6. The first kappa shape index (κ1) is 17.0. The van der Waals surface area contributed by atoms with Crippen molar-refractivity contribution in [1.82, 2.24) is 4.90 Å². The third kappa shape index (κ3) is 3.88. The fourth-order valence-electron chi connectivity index (χ4n) is 3.38. The van der Waals surface area contributed by atoms with Crippen molar-refractivity contribution in [3.8, 4) is 0 Å². The molecule has 1 heterocycles. The number of likely N-dealkylation sites (tertiary alicyclic amines) is 1. The first-order valence-electron chi connectivity index (χ1n) is 8.08. The summed E-state index contributed by atoms with van der Waals surface area (Å²) in [7, 11) is 0. The fourth-order valence-corrected chi connectivity index (χ4v) is 3.90. The minimum absolute atomic E-state index is 0.183. The van der Waals surface area contributed by atoms with E-state index in [4.69, 9.17) is 5.73 Å². The van der Waals surface area contributed by atoms with Gasteiger partial charge in [0.15, 0.2) is 0 Å². The Labute approximate surface area is 138 Å². The molecule has 2 nitrogen and oxygen atoms in total. The van der Waals surface area contributed by atoms with Crippen molar-refractivity contribution in [1.29, 1.82) is 0 Å². The van der Waals surface area contributed by atoms with Gasteiger partial charge >= 0.3 is 0 Å². The largest absolute Gasteiger partial charge is 0.326 e. The van der Waals surface area contributed by atoms with Crippen LogP contribution in [0, 0.1) is 11.3 Å². The van der Waals surface area contributed by atoms with Gasteiger partial charge < -0.3 is 5.73 Å². The van der Waals surface area contributed by atoms with Crippen LogP contribution in [0.15, 0.2) is 28.7 Å². The highest BCUT2D eigenvalue weighted by atomic mass is 79.9. The molecule has 0 radical (unpaired) electrons. The third-order valence-corrected chi connectivity index (χ3v) is 5.66. The second-order valence-electron chi connectivity index (χ2n) is 7.39. The number of nitrogens with zero attached hydrogens (tertiary/aromatic N) is 1. The SMILES string of the molecule is CCC(N)C(c1ccccc1Br)N1CCC(C(C)(C)C)C1. The van der Waals surface area contributed by atoms with Crippen LogP contribution in [-0.4, -0.2) is 24.0 Å². The van der Waals surface area contributed by atoms with Crippen LogP contribution in [0.4, 0.5) is 0 Å². The molecular formula is C18H29BrN2. The molecule has 3 heteroatoms. The monoisotopic (exact) mass is 352 g/mol. The summed E-state index contributed by atoms with van der Waals surface area (Å²) in [5.41, 5.74) is 8.20. The summed E-state index contributed by atoms with van der Waals surface area (Å²) in [4.78, 5) is 2.60. The molecule has 0 saturated carbocycles. The first-order valence-corrected chi connectivity index (χ1v) is 8.88. The van der Waals surface area contributed by atoms with E-state index in [0.29, 0.717) is 11.5 Å². The van der Waals surface area contributed by atoms with Crippen LogP contribution in [0.1, 0.15) is 52.1 Å². The van der Waals surface area contributed by atoms with Crippen molar-refractivity contribution in [2.75, 3.05) is 13.1 Å². The number of benzene rings is 1. The molecule has 2 rings (SSSR count). The lowest BCUT2D eigenvalue weighted by molar-refractivity contribution is 0.174. The molecule has 0 aliphatic carbocycles. The molecule has 1 aromatic rings. The van der Waals surface area contributed by atoms with Crippen LogP contribution in [0.5, 0.6) is 0 Å². The van der Waals surface area contributed by atoms with Crippen LogP contribution in [-0.2, 0) is 0 Å². The zero-order valence-corrected chi connectivity index (χ0v) is 15.4. The van der Waals surface area contributed by atoms with E-state index in [9.17, 15) is 0 Å². The Bertz CT molecular complexity index is 467. The van der Waals surface area contributed by atoms with Crippen LogP contribution in [0.2, 0.25) is 0 Å². The fraction of sp³-hybridized carbons (Fsp3) is 0.667. The first-order chi connectivity index (χ1) is 9.84. The van der Waals surface area contributed by atoms with E-state index < -0.39 is 0 Å². The normalized spacial score (nSPS) is 23.2. The molecule has 0 amide bonds. The van der Waals surface area contributed by atoms with Gasteiger partial charge in [-0.3, -0.25) is 4.90 Å².